The van der Waals surface area contributed by atoms with E-state index >= 15 is 0 Å². The first-order chi connectivity index (χ1) is 12.7. The van der Waals surface area contributed by atoms with Gasteiger partial charge in [-0.3, -0.25) is 4.99 Å². The molecule has 0 radical (unpaired) electrons. The van der Waals surface area contributed by atoms with Gasteiger partial charge in [-0.1, -0.05) is 19.9 Å². The van der Waals surface area contributed by atoms with E-state index < -0.39 is 0 Å². The monoisotopic (exact) mass is 377 g/mol. The highest BCUT2D eigenvalue weighted by Crippen LogP contribution is 2.25. The number of guanidine groups is 1. The molecule has 1 atom stereocenters. The van der Waals surface area contributed by atoms with Crippen LogP contribution >= 0.6 is 11.8 Å². The van der Waals surface area contributed by atoms with Crippen LogP contribution in [0.4, 0.5) is 5.82 Å². The first kappa shape index (κ1) is 19.3. The number of nitrogens with zero attached hydrogens (tertiary/aromatic N) is 4. The van der Waals surface area contributed by atoms with Crippen molar-refractivity contribution >= 4 is 23.5 Å². The summed E-state index contributed by atoms with van der Waals surface area (Å²) in [5.41, 5.74) is 1.21. The fourth-order valence-corrected chi connectivity index (χ4v) is 4.70. The van der Waals surface area contributed by atoms with Crippen molar-refractivity contribution in [2.75, 3.05) is 57.1 Å². The Bertz CT molecular complexity index is 603. The number of pyridine rings is 1. The summed E-state index contributed by atoms with van der Waals surface area (Å²) < 4.78 is 5.47. The number of aromatic nitrogens is 1. The Kier molecular flexibility index (Phi) is 7.02. The molecule has 0 bridgehead atoms. The Morgan fingerprint density at radius 1 is 1.38 bits per heavy atom. The van der Waals surface area contributed by atoms with E-state index in [0.29, 0.717) is 11.2 Å². The molecule has 7 heteroatoms. The number of aliphatic imine (C=N–C) groups is 1. The highest BCUT2D eigenvalue weighted by Gasteiger charge is 2.25. The van der Waals surface area contributed by atoms with Gasteiger partial charge in [0, 0.05) is 62.5 Å². The fourth-order valence-electron chi connectivity index (χ4n) is 3.41. The summed E-state index contributed by atoms with van der Waals surface area (Å²) in [5, 5.41) is 4.23. The summed E-state index contributed by atoms with van der Waals surface area (Å²) in [7, 11) is 1.88. The van der Waals surface area contributed by atoms with Crippen molar-refractivity contribution in [2.45, 2.75) is 25.6 Å². The van der Waals surface area contributed by atoms with Crippen LogP contribution in [-0.4, -0.2) is 73.3 Å². The van der Waals surface area contributed by atoms with Crippen molar-refractivity contribution < 1.29 is 4.74 Å². The standard InChI is InChI=1S/C19H31N5OS/c1-15(2)17-14-24(9-12-26-17)19(20-3)22-13-16-5-4-6-21-18(16)23-7-10-25-11-8-23/h4-6,15,17H,7-14H2,1-3H3,(H,20,22). The molecule has 0 spiro atoms. The van der Waals surface area contributed by atoms with Gasteiger partial charge < -0.3 is 19.9 Å². The van der Waals surface area contributed by atoms with E-state index in [2.05, 4.69) is 56.8 Å². The van der Waals surface area contributed by atoms with Crippen LogP contribution in [-0.2, 0) is 11.3 Å². The van der Waals surface area contributed by atoms with Crippen molar-refractivity contribution in [2.24, 2.45) is 10.9 Å². The Hall–Kier alpha value is -1.47. The molecule has 6 nitrogen and oxygen atoms in total. The predicted octanol–water partition coefficient (Wildman–Crippen LogP) is 2.07. The Balaban J connectivity index is 1.64. The normalized spacial score (nSPS) is 22.0. The van der Waals surface area contributed by atoms with E-state index in [-0.39, 0.29) is 0 Å². The van der Waals surface area contributed by atoms with Crippen LogP contribution in [0.2, 0.25) is 0 Å². The fraction of sp³-hybridized carbons (Fsp3) is 0.684. The molecule has 1 N–H and O–H groups in total. The zero-order valence-electron chi connectivity index (χ0n) is 16.1. The minimum Gasteiger partial charge on any atom is -0.378 e. The third-order valence-corrected chi connectivity index (χ3v) is 6.50. The average molecular weight is 378 g/mol. The van der Waals surface area contributed by atoms with E-state index in [0.717, 1.165) is 63.5 Å². The van der Waals surface area contributed by atoms with Crippen molar-refractivity contribution in [3.8, 4) is 0 Å². The summed E-state index contributed by atoms with van der Waals surface area (Å²) in [5.74, 6) is 3.91. The molecule has 3 heterocycles. The van der Waals surface area contributed by atoms with Gasteiger partial charge in [0.2, 0.25) is 0 Å². The maximum atomic E-state index is 5.47. The molecule has 1 aromatic rings. The van der Waals surface area contributed by atoms with Gasteiger partial charge >= 0.3 is 0 Å². The van der Waals surface area contributed by atoms with E-state index in [1.54, 1.807) is 0 Å². The maximum Gasteiger partial charge on any atom is 0.193 e. The number of nitrogens with one attached hydrogen (secondary N) is 1. The van der Waals surface area contributed by atoms with Gasteiger partial charge in [-0.05, 0) is 12.0 Å². The second-order valence-electron chi connectivity index (χ2n) is 7.09. The van der Waals surface area contributed by atoms with E-state index in [1.165, 1.54) is 5.56 Å². The Labute approximate surface area is 161 Å². The van der Waals surface area contributed by atoms with Gasteiger partial charge in [0.1, 0.15) is 5.82 Å². The van der Waals surface area contributed by atoms with Gasteiger partial charge in [-0.15, -0.1) is 0 Å². The maximum absolute atomic E-state index is 5.47. The van der Waals surface area contributed by atoms with Gasteiger partial charge in [-0.2, -0.15) is 11.8 Å². The topological polar surface area (TPSA) is 53.0 Å². The molecule has 2 fully saturated rings. The zero-order chi connectivity index (χ0) is 18.4. The summed E-state index contributed by atoms with van der Waals surface area (Å²) in [6.45, 7) is 10.8. The van der Waals surface area contributed by atoms with Crippen LogP contribution in [0.1, 0.15) is 19.4 Å². The number of thioether (sulfide) groups is 1. The van der Waals surface area contributed by atoms with Gasteiger partial charge in [0.05, 0.1) is 13.2 Å². The molecule has 0 saturated carbocycles. The van der Waals surface area contributed by atoms with Crippen LogP contribution in [0, 0.1) is 5.92 Å². The molecule has 0 amide bonds. The van der Waals surface area contributed by atoms with Crippen LogP contribution in [0.15, 0.2) is 23.3 Å². The highest BCUT2D eigenvalue weighted by atomic mass is 32.2. The molecule has 26 heavy (non-hydrogen) atoms. The smallest absolute Gasteiger partial charge is 0.193 e. The molecule has 0 aromatic carbocycles. The molecule has 3 rings (SSSR count). The summed E-state index contributed by atoms with van der Waals surface area (Å²) in [6.07, 6.45) is 1.87. The molecule has 2 aliphatic heterocycles. The highest BCUT2D eigenvalue weighted by molar-refractivity contribution is 8.00. The summed E-state index contributed by atoms with van der Waals surface area (Å²) >= 11 is 2.09. The molecule has 1 aromatic heterocycles. The SMILES string of the molecule is CN=C(NCc1cccnc1N1CCOCC1)N1CCSC(C(C)C)C1. The summed E-state index contributed by atoms with van der Waals surface area (Å²) in [4.78, 5) is 13.9. The third-order valence-electron chi connectivity index (χ3n) is 4.96. The van der Waals surface area contributed by atoms with E-state index in [1.807, 2.05) is 19.3 Å². The van der Waals surface area contributed by atoms with E-state index in [4.69, 9.17) is 4.74 Å². The number of anilines is 1. The molecule has 0 aliphatic carbocycles. The number of morpholine rings is 1. The number of ether oxygens (including phenoxy) is 1. The van der Waals surface area contributed by atoms with Crippen molar-refractivity contribution in [1.29, 1.82) is 0 Å². The third kappa shape index (κ3) is 4.82. The summed E-state index contributed by atoms with van der Waals surface area (Å²) in [6, 6.07) is 4.16. The van der Waals surface area contributed by atoms with Crippen LogP contribution in [0.3, 0.4) is 0 Å². The second kappa shape index (κ2) is 9.46. The van der Waals surface area contributed by atoms with Gasteiger partial charge in [0.25, 0.3) is 0 Å². The zero-order valence-corrected chi connectivity index (χ0v) is 17.0. The number of hydrogen-bond donors (Lipinski definition) is 1. The van der Waals surface area contributed by atoms with Crippen LogP contribution in [0.25, 0.3) is 0 Å². The molecule has 1 unspecified atom stereocenters. The first-order valence-electron chi connectivity index (χ1n) is 9.53. The number of rotatable bonds is 4. The average Bonchev–Trinajstić information content (AvgIpc) is 2.69. The number of hydrogen-bond acceptors (Lipinski definition) is 5. The van der Waals surface area contributed by atoms with Crippen LogP contribution in [0.5, 0.6) is 0 Å². The largest absolute Gasteiger partial charge is 0.378 e. The minimum absolute atomic E-state index is 0.671. The molecule has 144 valence electrons. The molecular weight excluding hydrogens is 346 g/mol. The predicted molar refractivity (Wildman–Crippen MR) is 110 cm³/mol. The van der Waals surface area contributed by atoms with Crippen LogP contribution < -0.4 is 10.2 Å². The van der Waals surface area contributed by atoms with E-state index in [9.17, 15) is 0 Å². The van der Waals surface area contributed by atoms with Crippen molar-refractivity contribution in [1.82, 2.24) is 15.2 Å². The lowest BCUT2D eigenvalue weighted by atomic mass is 10.1. The quantitative estimate of drug-likeness (QED) is 0.640. The lowest BCUT2D eigenvalue weighted by molar-refractivity contribution is 0.122. The Morgan fingerprint density at radius 3 is 2.92 bits per heavy atom. The second-order valence-corrected chi connectivity index (χ2v) is 8.43. The van der Waals surface area contributed by atoms with Gasteiger partial charge in [0.15, 0.2) is 5.96 Å². The van der Waals surface area contributed by atoms with Crippen molar-refractivity contribution in [3.05, 3.63) is 23.9 Å². The lowest BCUT2D eigenvalue weighted by Gasteiger charge is -2.36. The first-order valence-corrected chi connectivity index (χ1v) is 10.6. The Morgan fingerprint density at radius 2 is 2.19 bits per heavy atom. The molecular formula is C19H31N5OS. The lowest BCUT2D eigenvalue weighted by Crippen LogP contribution is -2.49. The molecule has 2 aliphatic rings. The van der Waals surface area contributed by atoms with Crippen molar-refractivity contribution in [3.63, 3.8) is 0 Å². The minimum atomic E-state index is 0.671. The molecule has 2 saturated heterocycles. The van der Waals surface area contributed by atoms with Gasteiger partial charge in [-0.25, -0.2) is 4.98 Å².